The van der Waals surface area contributed by atoms with Gasteiger partial charge in [-0.2, -0.15) is 5.10 Å². The molecule has 0 fully saturated rings. The zero-order valence-electron chi connectivity index (χ0n) is 11.8. The van der Waals surface area contributed by atoms with E-state index in [2.05, 4.69) is 36.3 Å². The molecule has 0 aliphatic rings. The van der Waals surface area contributed by atoms with Crippen molar-refractivity contribution in [2.75, 3.05) is 0 Å². The number of rotatable bonds is 4. The quantitative estimate of drug-likeness (QED) is 0.798. The third kappa shape index (κ3) is 2.37. The van der Waals surface area contributed by atoms with Crippen molar-refractivity contribution in [3.63, 3.8) is 0 Å². The van der Waals surface area contributed by atoms with E-state index in [1.165, 1.54) is 9.75 Å². The van der Waals surface area contributed by atoms with E-state index in [0.717, 1.165) is 29.4 Å². The number of fused-ring (bicyclic) bond motifs is 1. The predicted molar refractivity (Wildman–Crippen MR) is 85.0 cm³/mol. The highest BCUT2D eigenvalue weighted by Gasteiger charge is 2.16. The molecule has 1 atom stereocenters. The summed E-state index contributed by atoms with van der Waals surface area (Å²) < 4.78 is 1.91. The lowest BCUT2D eigenvalue weighted by Crippen LogP contribution is -2.14. The molecule has 0 aliphatic carbocycles. The van der Waals surface area contributed by atoms with Crippen LogP contribution >= 0.6 is 11.3 Å². The molecule has 0 amide bonds. The number of nitrogens with two attached hydrogens (primary N) is 1. The highest BCUT2D eigenvalue weighted by atomic mass is 32.1. The highest BCUT2D eigenvalue weighted by molar-refractivity contribution is 7.11. The Morgan fingerprint density at radius 1 is 1.20 bits per heavy atom. The van der Waals surface area contributed by atoms with Gasteiger partial charge < -0.3 is 5.73 Å². The molecule has 0 aliphatic heterocycles. The van der Waals surface area contributed by atoms with Crippen LogP contribution in [0.15, 0.2) is 36.4 Å². The Balaban J connectivity index is 1.90. The summed E-state index contributed by atoms with van der Waals surface area (Å²) in [4.78, 5) is 2.75. The molecule has 0 saturated carbocycles. The van der Waals surface area contributed by atoms with E-state index in [1.807, 2.05) is 35.2 Å². The number of hydrogen-bond donors (Lipinski definition) is 1. The fourth-order valence-electron chi connectivity index (χ4n) is 2.55. The van der Waals surface area contributed by atoms with E-state index in [9.17, 15) is 0 Å². The second-order valence-corrected chi connectivity index (χ2v) is 6.31. The third-order valence-corrected chi connectivity index (χ3v) is 4.88. The van der Waals surface area contributed by atoms with Gasteiger partial charge in [-0.15, -0.1) is 11.3 Å². The Kier molecular flexibility index (Phi) is 3.59. The molecule has 0 bridgehead atoms. The summed E-state index contributed by atoms with van der Waals surface area (Å²) in [5, 5.41) is 5.77. The Labute approximate surface area is 123 Å². The average molecular weight is 285 g/mol. The maximum absolute atomic E-state index is 6.39. The van der Waals surface area contributed by atoms with Gasteiger partial charge in [0.25, 0.3) is 0 Å². The van der Waals surface area contributed by atoms with E-state index >= 15 is 0 Å². The van der Waals surface area contributed by atoms with Crippen molar-refractivity contribution in [1.82, 2.24) is 9.78 Å². The van der Waals surface area contributed by atoms with Gasteiger partial charge >= 0.3 is 0 Å². The molecule has 0 spiro atoms. The van der Waals surface area contributed by atoms with Crippen molar-refractivity contribution < 1.29 is 0 Å². The minimum Gasteiger partial charge on any atom is -0.322 e. The predicted octanol–water partition coefficient (Wildman–Crippen LogP) is 3.44. The first-order valence-corrected chi connectivity index (χ1v) is 7.75. The van der Waals surface area contributed by atoms with Crippen LogP contribution in [-0.4, -0.2) is 9.78 Å². The normalized spacial score (nSPS) is 12.9. The van der Waals surface area contributed by atoms with Crippen molar-refractivity contribution in [3.8, 4) is 0 Å². The number of hydrogen-bond acceptors (Lipinski definition) is 3. The van der Waals surface area contributed by atoms with Gasteiger partial charge in [0.1, 0.15) is 0 Å². The van der Waals surface area contributed by atoms with Crippen LogP contribution in [0, 0.1) is 0 Å². The largest absolute Gasteiger partial charge is 0.322 e. The van der Waals surface area contributed by atoms with E-state index < -0.39 is 0 Å². The van der Waals surface area contributed by atoms with Crippen LogP contribution in [0.1, 0.15) is 28.4 Å². The molecular weight excluding hydrogens is 266 g/mol. The SMILES string of the molecule is CCc1ccc(CC(N)c2nn(C)c3ccccc23)s1. The summed E-state index contributed by atoms with van der Waals surface area (Å²) in [6.45, 7) is 2.18. The van der Waals surface area contributed by atoms with Gasteiger partial charge in [-0.3, -0.25) is 4.68 Å². The molecule has 4 heteroatoms. The maximum Gasteiger partial charge on any atom is 0.0874 e. The molecule has 1 unspecified atom stereocenters. The summed E-state index contributed by atoms with van der Waals surface area (Å²) >= 11 is 1.85. The topological polar surface area (TPSA) is 43.8 Å². The first kappa shape index (κ1) is 13.3. The minimum atomic E-state index is -0.0514. The van der Waals surface area contributed by atoms with Crippen molar-refractivity contribution in [2.45, 2.75) is 25.8 Å². The summed E-state index contributed by atoms with van der Waals surface area (Å²) in [6.07, 6.45) is 1.94. The molecule has 0 saturated heterocycles. The van der Waals surface area contributed by atoms with E-state index in [0.29, 0.717) is 0 Å². The number of thiophene rings is 1. The van der Waals surface area contributed by atoms with Gasteiger partial charge in [0, 0.05) is 28.6 Å². The number of benzene rings is 1. The van der Waals surface area contributed by atoms with Crippen LogP contribution in [0.2, 0.25) is 0 Å². The van der Waals surface area contributed by atoms with Crippen LogP contribution in [0.3, 0.4) is 0 Å². The van der Waals surface area contributed by atoms with Gasteiger partial charge in [-0.1, -0.05) is 25.1 Å². The fraction of sp³-hybridized carbons (Fsp3) is 0.312. The van der Waals surface area contributed by atoms with Gasteiger partial charge in [-0.05, 0) is 24.6 Å². The van der Waals surface area contributed by atoms with Crippen molar-refractivity contribution in [2.24, 2.45) is 12.8 Å². The number of aryl methyl sites for hydroxylation is 2. The first-order chi connectivity index (χ1) is 9.69. The maximum atomic E-state index is 6.39. The van der Waals surface area contributed by atoms with Crippen LogP contribution in [-0.2, 0) is 19.9 Å². The summed E-state index contributed by atoms with van der Waals surface area (Å²) in [6, 6.07) is 12.6. The molecule has 2 N–H and O–H groups in total. The van der Waals surface area contributed by atoms with Gasteiger partial charge in [0.05, 0.1) is 17.3 Å². The van der Waals surface area contributed by atoms with E-state index in [1.54, 1.807) is 0 Å². The Morgan fingerprint density at radius 3 is 2.70 bits per heavy atom. The van der Waals surface area contributed by atoms with Crippen LogP contribution in [0.5, 0.6) is 0 Å². The molecule has 20 heavy (non-hydrogen) atoms. The molecule has 0 radical (unpaired) electrons. The minimum absolute atomic E-state index is 0.0514. The molecule has 2 aromatic heterocycles. The van der Waals surface area contributed by atoms with Crippen molar-refractivity contribution in [3.05, 3.63) is 51.8 Å². The number of aromatic nitrogens is 2. The van der Waals surface area contributed by atoms with Gasteiger partial charge in [-0.25, -0.2) is 0 Å². The second kappa shape index (κ2) is 5.38. The molecule has 3 nitrogen and oxygen atoms in total. The lowest BCUT2D eigenvalue weighted by atomic mass is 10.1. The van der Waals surface area contributed by atoms with Crippen LogP contribution in [0.4, 0.5) is 0 Å². The Morgan fingerprint density at radius 2 is 1.95 bits per heavy atom. The zero-order valence-corrected chi connectivity index (χ0v) is 12.7. The summed E-state index contributed by atoms with van der Waals surface area (Å²) in [5.41, 5.74) is 8.52. The lowest BCUT2D eigenvalue weighted by molar-refractivity contribution is 0.670. The Bertz CT molecular complexity index is 726. The lowest BCUT2D eigenvalue weighted by Gasteiger charge is -2.07. The Hall–Kier alpha value is -1.65. The number of para-hydroxylation sites is 1. The standard InChI is InChI=1S/C16H19N3S/c1-3-11-8-9-12(20-11)10-14(17)16-13-6-4-5-7-15(13)19(2)18-16/h4-9,14H,3,10,17H2,1-2H3. The molecule has 2 heterocycles. The second-order valence-electron chi connectivity index (χ2n) is 5.06. The summed E-state index contributed by atoms with van der Waals surface area (Å²) in [5.74, 6) is 0. The first-order valence-electron chi connectivity index (χ1n) is 6.94. The van der Waals surface area contributed by atoms with Gasteiger partial charge in [0.2, 0.25) is 0 Å². The van der Waals surface area contributed by atoms with Crippen LogP contribution in [0.25, 0.3) is 10.9 Å². The number of nitrogens with zero attached hydrogens (tertiary/aromatic N) is 2. The van der Waals surface area contributed by atoms with Gasteiger partial charge in [0.15, 0.2) is 0 Å². The zero-order chi connectivity index (χ0) is 14.1. The van der Waals surface area contributed by atoms with Crippen molar-refractivity contribution >= 4 is 22.2 Å². The summed E-state index contributed by atoms with van der Waals surface area (Å²) in [7, 11) is 1.97. The molecule has 3 rings (SSSR count). The molecule has 104 valence electrons. The van der Waals surface area contributed by atoms with E-state index in [-0.39, 0.29) is 6.04 Å². The molecule has 3 aromatic rings. The highest BCUT2D eigenvalue weighted by Crippen LogP contribution is 2.26. The van der Waals surface area contributed by atoms with Crippen LogP contribution < -0.4 is 5.73 Å². The van der Waals surface area contributed by atoms with Crippen molar-refractivity contribution in [1.29, 1.82) is 0 Å². The smallest absolute Gasteiger partial charge is 0.0874 e. The third-order valence-electron chi connectivity index (χ3n) is 3.62. The average Bonchev–Trinajstić information content (AvgIpc) is 3.04. The molecular formula is C16H19N3S. The molecule has 1 aromatic carbocycles. The monoisotopic (exact) mass is 285 g/mol. The fourth-order valence-corrected chi connectivity index (χ4v) is 3.57. The van der Waals surface area contributed by atoms with E-state index in [4.69, 9.17) is 5.73 Å².